The van der Waals surface area contributed by atoms with E-state index < -0.39 is 0 Å². The second-order valence-corrected chi connectivity index (χ2v) is 9.88. The second-order valence-electron chi connectivity index (χ2n) is 8.12. The minimum Gasteiger partial charge on any atom is -0.341 e. The molecule has 0 bridgehead atoms. The molecule has 0 unspecified atom stereocenters. The molecule has 2 aliphatic rings. The van der Waals surface area contributed by atoms with E-state index in [0.717, 1.165) is 54.5 Å². The number of aromatic nitrogens is 4. The third kappa shape index (κ3) is 3.76. The van der Waals surface area contributed by atoms with E-state index in [1.807, 2.05) is 6.20 Å². The molecule has 2 saturated heterocycles. The number of imidazole rings is 2. The Kier molecular flexibility index (Phi) is 5.30. The van der Waals surface area contributed by atoms with Gasteiger partial charge in [-0.2, -0.15) is 0 Å². The van der Waals surface area contributed by atoms with E-state index in [4.69, 9.17) is 0 Å². The van der Waals surface area contributed by atoms with Crippen molar-refractivity contribution >= 4 is 32.1 Å². The Morgan fingerprint density at radius 3 is 2.31 bits per heavy atom. The van der Waals surface area contributed by atoms with E-state index in [2.05, 4.69) is 65.0 Å². The Morgan fingerprint density at radius 1 is 0.812 bits per heavy atom. The van der Waals surface area contributed by atoms with Crippen molar-refractivity contribution in [2.75, 3.05) is 13.1 Å². The maximum atomic E-state index is 4.62. The molecule has 0 amide bonds. The number of aromatic amines is 2. The molecule has 0 radical (unpaired) electrons. The molecule has 2 fully saturated rings. The molecule has 4 aromatic rings. The number of nitrogens with zero attached hydrogens (tertiary/aromatic N) is 2. The van der Waals surface area contributed by atoms with Gasteiger partial charge in [-0.1, -0.05) is 5.92 Å². The molecule has 4 N–H and O–H groups in total. The van der Waals surface area contributed by atoms with E-state index >= 15 is 0 Å². The van der Waals surface area contributed by atoms with Gasteiger partial charge in [-0.3, -0.25) is 0 Å². The number of nitrogens with one attached hydrogen (secondary N) is 4. The summed E-state index contributed by atoms with van der Waals surface area (Å²) in [5, 5.41) is 11.3. The SMILES string of the molecule is C(C#Cc1csc2c(-c3cnc([C@@H]4CCCN4)[nH]3)csc12)#Cc1cnc([C@@H]2CCCN2)[nH]1. The normalized spacial score (nSPS) is 20.2. The van der Waals surface area contributed by atoms with Crippen molar-refractivity contribution in [2.45, 2.75) is 37.8 Å². The molecule has 8 heteroatoms. The highest BCUT2D eigenvalue weighted by Crippen LogP contribution is 2.39. The van der Waals surface area contributed by atoms with Crippen LogP contribution in [0.25, 0.3) is 20.7 Å². The monoisotopic (exact) mass is 458 g/mol. The number of thiophene rings is 2. The van der Waals surface area contributed by atoms with Crippen LogP contribution in [0.3, 0.4) is 0 Å². The summed E-state index contributed by atoms with van der Waals surface area (Å²) in [6.45, 7) is 2.12. The van der Waals surface area contributed by atoms with Crippen molar-refractivity contribution in [1.29, 1.82) is 0 Å². The first-order chi connectivity index (χ1) is 15.8. The van der Waals surface area contributed by atoms with Crippen LogP contribution in [-0.2, 0) is 0 Å². The Hall–Kier alpha value is -2.88. The van der Waals surface area contributed by atoms with E-state index in [-0.39, 0.29) is 0 Å². The van der Waals surface area contributed by atoms with Gasteiger partial charge in [0.05, 0.1) is 45.1 Å². The predicted molar refractivity (Wildman–Crippen MR) is 130 cm³/mol. The van der Waals surface area contributed by atoms with Gasteiger partial charge >= 0.3 is 0 Å². The summed E-state index contributed by atoms with van der Waals surface area (Å²) in [5.74, 6) is 14.3. The van der Waals surface area contributed by atoms with Crippen molar-refractivity contribution in [2.24, 2.45) is 0 Å². The largest absolute Gasteiger partial charge is 0.341 e. The van der Waals surface area contributed by atoms with Crippen LogP contribution < -0.4 is 10.6 Å². The van der Waals surface area contributed by atoms with Gasteiger partial charge in [0.25, 0.3) is 0 Å². The molecule has 6 rings (SSSR count). The van der Waals surface area contributed by atoms with Crippen LogP contribution in [0.15, 0.2) is 23.2 Å². The Balaban J connectivity index is 1.20. The van der Waals surface area contributed by atoms with Crippen LogP contribution in [0.2, 0.25) is 0 Å². The summed E-state index contributed by atoms with van der Waals surface area (Å²) in [7, 11) is 0. The zero-order valence-corrected chi connectivity index (χ0v) is 19.1. The molecule has 0 saturated carbocycles. The first-order valence-corrected chi connectivity index (χ1v) is 12.7. The predicted octanol–water partition coefficient (Wildman–Crippen LogP) is 4.33. The van der Waals surface area contributed by atoms with Crippen LogP contribution in [0.5, 0.6) is 0 Å². The van der Waals surface area contributed by atoms with Crippen LogP contribution in [0.4, 0.5) is 0 Å². The molecule has 32 heavy (non-hydrogen) atoms. The lowest BCUT2D eigenvalue weighted by molar-refractivity contribution is 0.612. The summed E-state index contributed by atoms with van der Waals surface area (Å²) in [4.78, 5) is 15.9. The maximum Gasteiger partial charge on any atom is 0.124 e. The third-order valence-electron chi connectivity index (χ3n) is 6.00. The highest BCUT2D eigenvalue weighted by molar-refractivity contribution is 7.27. The number of hydrogen-bond acceptors (Lipinski definition) is 6. The number of hydrogen-bond donors (Lipinski definition) is 4. The summed E-state index contributed by atoms with van der Waals surface area (Å²) in [6.07, 6.45) is 8.40. The summed E-state index contributed by atoms with van der Waals surface area (Å²) < 4.78 is 2.47. The van der Waals surface area contributed by atoms with Gasteiger partial charge in [0.15, 0.2) is 0 Å². The van der Waals surface area contributed by atoms with Gasteiger partial charge in [0.2, 0.25) is 0 Å². The second kappa shape index (κ2) is 8.57. The molecular formula is C24H22N6S2. The Labute approximate surface area is 194 Å². The fourth-order valence-electron chi connectivity index (χ4n) is 4.35. The molecule has 6 nitrogen and oxygen atoms in total. The van der Waals surface area contributed by atoms with Crippen molar-refractivity contribution in [1.82, 2.24) is 30.6 Å². The molecule has 160 valence electrons. The Morgan fingerprint density at radius 2 is 1.53 bits per heavy atom. The fraction of sp³-hybridized carbons (Fsp3) is 0.333. The summed E-state index contributed by atoms with van der Waals surface area (Å²) in [6, 6.07) is 0.672. The Bertz CT molecular complexity index is 1370. The van der Waals surface area contributed by atoms with Crippen LogP contribution in [0.1, 0.15) is 60.7 Å². The summed E-state index contributed by atoms with van der Waals surface area (Å²) in [5.41, 5.74) is 4.13. The molecule has 2 atom stereocenters. The lowest BCUT2D eigenvalue weighted by Gasteiger charge is -2.05. The zero-order valence-electron chi connectivity index (χ0n) is 17.4. The number of fused-ring (bicyclic) bond motifs is 1. The maximum absolute atomic E-state index is 4.62. The molecular weight excluding hydrogens is 436 g/mol. The molecule has 0 spiro atoms. The molecule has 2 aliphatic heterocycles. The van der Waals surface area contributed by atoms with Gasteiger partial charge in [0, 0.05) is 16.3 Å². The standard InChI is InChI=1S/C24H22N6S2/c1(2-6-16-11-27-23(29-16)18-7-3-9-25-18)5-15-13-31-22-17(14-32-21(15)22)20-12-28-24(30-20)19-8-4-10-26-19/h11-14,18-19,25-26H,3-4,7-10H2,(H,27,29)(H,28,30)/t18-,19-/m0/s1. The molecule has 6 heterocycles. The zero-order chi connectivity index (χ0) is 21.3. The van der Waals surface area contributed by atoms with E-state index in [1.165, 1.54) is 27.8 Å². The van der Waals surface area contributed by atoms with Crippen molar-refractivity contribution in [3.05, 3.63) is 46.1 Å². The topological polar surface area (TPSA) is 81.4 Å². The quantitative estimate of drug-likeness (QED) is 0.345. The van der Waals surface area contributed by atoms with Gasteiger partial charge in [-0.25, -0.2) is 9.97 Å². The van der Waals surface area contributed by atoms with Gasteiger partial charge < -0.3 is 20.6 Å². The number of rotatable bonds is 3. The van der Waals surface area contributed by atoms with E-state index in [9.17, 15) is 0 Å². The lowest BCUT2D eigenvalue weighted by Crippen LogP contribution is -2.14. The smallest absolute Gasteiger partial charge is 0.124 e. The van der Waals surface area contributed by atoms with E-state index in [0.29, 0.717) is 12.1 Å². The molecule has 0 aliphatic carbocycles. The first-order valence-electron chi connectivity index (χ1n) is 10.9. The van der Waals surface area contributed by atoms with Gasteiger partial charge in [-0.05, 0) is 56.5 Å². The lowest BCUT2D eigenvalue weighted by atomic mass is 10.2. The minimum absolute atomic E-state index is 0.323. The fourth-order valence-corrected chi connectivity index (χ4v) is 6.65. The van der Waals surface area contributed by atoms with Crippen molar-refractivity contribution < 1.29 is 0 Å². The molecule has 0 aromatic carbocycles. The average molecular weight is 459 g/mol. The van der Waals surface area contributed by atoms with Crippen molar-refractivity contribution in [3.8, 4) is 34.9 Å². The van der Waals surface area contributed by atoms with Crippen LogP contribution in [0, 0.1) is 23.7 Å². The van der Waals surface area contributed by atoms with Crippen molar-refractivity contribution in [3.63, 3.8) is 0 Å². The van der Waals surface area contributed by atoms with Crippen LogP contribution >= 0.6 is 22.7 Å². The average Bonchev–Trinajstić information content (AvgIpc) is 3.64. The number of H-pyrrole nitrogens is 2. The van der Waals surface area contributed by atoms with Gasteiger partial charge in [-0.15, -0.1) is 22.7 Å². The van der Waals surface area contributed by atoms with E-state index in [1.54, 1.807) is 28.9 Å². The first kappa shape index (κ1) is 19.8. The third-order valence-corrected chi connectivity index (χ3v) is 8.16. The van der Waals surface area contributed by atoms with Crippen LogP contribution in [-0.4, -0.2) is 33.0 Å². The van der Waals surface area contributed by atoms with Gasteiger partial charge in [0.1, 0.15) is 17.3 Å². The molecule has 4 aromatic heterocycles. The minimum atomic E-state index is 0.323. The highest BCUT2D eigenvalue weighted by Gasteiger charge is 2.21. The summed E-state index contributed by atoms with van der Waals surface area (Å²) >= 11 is 3.46. The highest BCUT2D eigenvalue weighted by atomic mass is 32.1.